The van der Waals surface area contributed by atoms with Gasteiger partial charge in [-0.05, 0) is 26.0 Å². The zero-order valence-electron chi connectivity index (χ0n) is 10.4. The highest BCUT2D eigenvalue weighted by atomic mass is 32.1. The number of thiocarbonyl (C=S) groups is 1. The zero-order chi connectivity index (χ0) is 13.3. The number of carbonyl (C=O) groups excluding carboxylic acids is 1. The summed E-state index contributed by atoms with van der Waals surface area (Å²) < 4.78 is 0. The first-order valence-electron chi connectivity index (χ1n) is 5.75. The lowest BCUT2D eigenvalue weighted by Gasteiger charge is -2.42. The normalized spacial score (nSPS) is 18.3. The number of pyridine rings is 1. The number of rotatable bonds is 2. The van der Waals surface area contributed by atoms with Gasteiger partial charge in [-0.3, -0.25) is 4.79 Å². The van der Waals surface area contributed by atoms with E-state index in [1.165, 1.54) is 0 Å². The molecule has 1 amide bonds. The topological polar surface area (TPSA) is 71.2 Å². The van der Waals surface area contributed by atoms with Gasteiger partial charge in [-0.2, -0.15) is 0 Å². The summed E-state index contributed by atoms with van der Waals surface area (Å²) in [5.74, 6) is 0.719. The first-order chi connectivity index (χ1) is 8.43. The molecule has 0 aromatic carbocycles. The lowest BCUT2D eigenvalue weighted by atomic mass is 9.99. The fraction of sp³-hybridized carbons (Fsp3) is 0.417. The summed E-state index contributed by atoms with van der Waals surface area (Å²) in [6.45, 7) is 5.07. The molecule has 1 fully saturated rings. The summed E-state index contributed by atoms with van der Waals surface area (Å²) in [4.78, 5) is 18.5. The number of amides is 1. The summed E-state index contributed by atoms with van der Waals surface area (Å²) in [6.07, 6.45) is 1.66. The van der Waals surface area contributed by atoms with E-state index in [0.29, 0.717) is 18.1 Å². The Morgan fingerprint density at radius 1 is 1.61 bits per heavy atom. The second kappa shape index (κ2) is 4.53. The monoisotopic (exact) mass is 264 g/mol. The van der Waals surface area contributed by atoms with Crippen molar-refractivity contribution in [2.75, 3.05) is 18.0 Å². The molecule has 0 atom stereocenters. The Kier molecular flexibility index (Phi) is 3.21. The van der Waals surface area contributed by atoms with Crippen LogP contribution in [0.5, 0.6) is 0 Å². The van der Waals surface area contributed by atoms with Gasteiger partial charge in [-0.25, -0.2) is 4.98 Å². The number of anilines is 1. The number of piperazine rings is 1. The summed E-state index contributed by atoms with van der Waals surface area (Å²) in [5.41, 5.74) is 5.75. The molecule has 0 radical (unpaired) electrons. The van der Waals surface area contributed by atoms with Gasteiger partial charge in [0.2, 0.25) is 5.91 Å². The van der Waals surface area contributed by atoms with Gasteiger partial charge in [0.05, 0.1) is 0 Å². The Hall–Kier alpha value is -1.69. The van der Waals surface area contributed by atoms with Crippen molar-refractivity contribution in [1.29, 1.82) is 0 Å². The predicted molar refractivity (Wildman–Crippen MR) is 74.6 cm³/mol. The van der Waals surface area contributed by atoms with Crippen LogP contribution in [0.1, 0.15) is 19.4 Å². The van der Waals surface area contributed by atoms with E-state index in [9.17, 15) is 4.79 Å². The van der Waals surface area contributed by atoms with E-state index in [1.54, 1.807) is 12.3 Å². The number of aromatic nitrogens is 1. The molecule has 5 nitrogen and oxygen atoms in total. The fourth-order valence-corrected chi connectivity index (χ4v) is 2.15. The Labute approximate surface area is 111 Å². The van der Waals surface area contributed by atoms with Crippen LogP contribution in [0.4, 0.5) is 5.82 Å². The standard InChI is InChI=1S/C12H16N4OS/c1-12(2)11(17)15-5-6-16(12)9-7-8(10(13)18)3-4-14-9/h3-4,7H,5-6H2,1-2H3,(H2,13,18)(H,15,17). The van der Waals surface area contributed by atoms with Crippen LogP contribution in [0.3, 0.4) is 0 Å². The summed E-state index contributed by atoms with van der Waals surface area (Å²) in [6, 6.07) is 3.59. The van der Waals surface area contributed by atoms with Crippen LogP contribution in [0.15, 0.2) is 18.3 Å². The molecular formula is C12H16N4OS. The van der Waals surface area contributed by atoms with Crippen LogP contribution in [-0.4, -0.2) is 34.5 Å². The Balaban J connectivity index is 2.38. The zero-order valence-corrected chi connectivity index (χ0v) is 11.3. The third-order valence-electron chi connectivity index (χ3n) is 3.16. The Morgan fingerprint density at radius 2 is 2.33 bits per heavy atom. The number of nitrogens with two attached hydrogens (primary N) is 1. The van der Waals surface area contributed by atoms with Crippen molar-refractivity contribution in [3.05, 3.63) is 23.9 Å². The van der Waals surface area contributed by atoms with Gasteiger partial charge in [0, 0.05) is 24.8 Å². The molecule has 0 unspecified atom stereocenters. The molecule has 6 heteroatoms. The molecular weight excluding hydrogens is 248 g/mol. The minimum atomic E-state index is -0.625. The molecule has 0 bridgehead atoms. The molecule has 18 heavy (non-hydrogen) atoms. The SMILES string of the molecule is CC1(C)C(=O)NCCN1c1cc(C(N)=S)ccn1. The van der Waals surface area contributed by atoms with Gasteiger partial charge in [0.1, 0.15) is 16.3 Å². The maximum Gasteiger partial charge on any atom is 0.245 e. The number of hydrogen-bond acceptors (Lipinski definition) is 4. The van der Waals surface area contributed by atoms with E-state index in [-0.39, 0.29) is 5.91 Å². The highest BCUT2D eigenvalue weighted by molar-refractivity contribution is 7.80. The molecule has 96 valence electrons. The minimum absolute atomic E-state index is 0.00345. The average Bonchev–Trinajstić information content (AvgIpc) is 2.32. The highest BCUT2D eigenvalue weighted by Crippen LogP contribution is 2.24. The van der Waals surface area contributed by atoms with Gasteiger partial charge in [0.25, 0.3) is 0 Å². The van der Waals surface area contributed by atoms with Gasteiger partial charge >= 0.3 is 0 Å². The summed E-state index contributed by atoms with van der Waals surface area (Å²) >= 11 is 4.96. The van der Waals surface area contributed by atoms with Gasteiger partial charge < -0.3 is 16.0 Å². The molecule has 3 N–H and O–H groups in total. The van der Waals surface area contributed by atoms with Crippen molar-refractivity contribution in [3.63, 3.8) is 0 Å². The molecule has 2 rings (SSSR count). The van der Waals surface area contributed by atoms with Crippen LogP contribution in [0.2, 0.25) is 0 Å². The van der Waals surface area contributed by atoms with E-state index in [2.05, 4.69) is 10.3 Å². The van der Waals surface area contributed by atoms with Gasteiger partial charge in [0.15, 0.2) is 0 Å². The van der Waals surface area contributed by atoms with Gasteiger partial charge in [-0.15, -0.1) is 0 Å². The minimum Gasteiger partial charge on any atom is -0.389 e. The van der Waals surface area contributed by atoms with Crippen LogP contribution in [-0.2, 0) is 4.79 Å². The van der Waals surface area contributed by atoms with Crippen molar-refractivity contribution in [3.8, 4) is 0 Å². The van der Waals surface area contributed by atoms with Crippen LogP contribution >= 0.6 is 12.2 Å². The van der Waals surface area contributed by atoms with E-state index in [1.807, 2.05) is 24.8 Å². The fourth-order valence-electron chi connectivity index (χ4n) is 2.02. The van der Waals surface area contributed by atoms with Crippen LogP contribution in [0, 0.1) is 0 Å². The van der Waals surface area contributed by atoms with Gasteiger partial charge in [-0.1, -0.05) is 12.2 Å². The van der Waals surface area contributed by atoms with Crippen molar-refractivity contribution in [2.45, 2.75) is 19.4 Å². The first-order valence-corrected chi connectivity index (χ1v) is 6.15. The van der Waals surface area contributed by atoms with E-state index >= 15 is 0 Å². The molecule has 0 saturated carbocycles. The second-order valence-electron chi connectivity index (χ2n) is 4.73. The average molecular weight is 264 g/mol. The van der Waals surface area contributed by atoms with Crippen molar-refractivity contribution in [2.24, 2.45) is 5.73 Å². The maximum absolute atomic E-state index is 11.9. The molecule has 2 heterocycles. The quantitative estimate of drug-likeness (QED) is 0.758. The lowest BCUT2D eigenvalue weighted by molar-refractivity contribution is -0.126. The number of nitrogens with one attached hydrogen (secondary N) is 1. The molecule has 1 aliphatic rings. The number of nitrogens with zero attached hydrogens (tertiary/aromatic N) is 2. The summed E-state index contributed by atoms with van der Waals surface area (Å²) in [7, 11) is 0. The van der Waals surface area contributed by atoms with Crippen molar-refractivity contribution in [1.82, 2.24) is 10.3 Å². The molecule has 1 aliphatic heterocycles. The Bertz CT molecular complexity index is 501. The molecule has 1 aromatic rings. The van der Waals surface area contributed by atoms with Crippen LogP contribution < -0.4 is 16.0 Å². The van der Waals surface area contributed by atoms with Crippen molar-refractivity contribution >= 4 is 28.9 Å². The smallest absolute Gasteiger partial charge is 0.245 e. The van der Waals surface area contributed by atoms with E-state index in [0.717, 1.165) is 11.4 Å². The predicted octanol–water partition coefficient (Wildman–Crippen LogP) is 0.431. The van der Waals surface area contributed by atoms with E-state index < -0.39 is 5.54 Å². The first kappa shape index (κ1) is 12.8. The Morgan fingerprint density at radius 3 is 3.00 bits per heavy atom. The number of carbonyl (C=O) groups is 1. The highest BCUT2D eigenvalue weighted by Gasteiger charge is 2.38. The largest absolute Gasteiger partial charge is 0.389 e. The third kappa shape index (κ3) is 2.15. The third-order valence-corrected chi connectivity index (χ3v) is 3.39. The molecule has 1 saturated heterocycles. The van der Waals surface area contributed by atoms with E-state index in [4.69, 9.17) is 18.0 Å². The second-order valence-corrected chi connectivity index (χ2v) is 5.17. The summed E-state index contributed by atoms with van der Waals surface area (Å²) in [5, 5.41) is 2.85. The number of hydrogen-bond donors (Lipinski definition) is 2. The molecule has 1 aromatic heterocycles. The van der Waals surface area contributed by atoms with Crippen molar-refractivity contribution < 1.29 is 4.79 Å². The maximum atomic E-state index is 11.9. The molecule has 0 spiro atoms. The lowest BCUT2D eigenvalue weighted by Crippen LogP contribution is -2.62. The molecule has 0 aliphatic carbocycles. The van der Waals surface area contributed by atoms with Crippen LogP contribution in [0.25, 0.3) is 0 Å².